The molecule has 1 aliphatic heterocycles. The Kier molecular flexibility index (Phi) is 6.57. The van der Waals surface area contributed by atoms with Gasteiger partial charge in [-0.15, -0.1) is 0 Å². The summed E-state index contributed by atoms with van der Waals surface area (Å²) in [4.78, 5) is 2.38. The monoisotopic (exact) mass is 258 g/mol. The van der Waals surface area contributed by atoms with E-state index in [1.54, 1.807) is 0 Å². The standard InChI is InChI=1S/C14H30N2O2/c1-5-14(4,10-15-12(2)3)11-16-6-7-18-9-13(16)8-17/h12-13,15,17H,5-11H2,1-4H3. The van der Waals surface area contributed by atoms with E-state index < -0.39 is 0 Å². The van der Waals surface area contributed by atoms with Crippen LogP contribution < -0.4 is 5.32 Å². The second-order valence-corrected chi connectivity index (χ2v) is 6.08. The van der Waals surface area contributed by atoms with Crippen molar-refractivity contribution in [3.63, 3.8) is 0 Å². The van der Waals surface area contributed by atoms with Crippen molar-refractivity contribution in [1.82, 2.24) is 10.2 Å². The molecule has 0 aromatic heterocycles. The first-order valence-corrected chi connectivity index (χ1v) is 7.17. The Bertz CT molecular complexity index is 236. The SMILES string of the molecule is CCC(C)(CNC(C)C)CN1CCOCC1CO. The van der Waals surface area contributed by atoms with Crippen molar-refractivity contribution in [2.45, 2.75) is 46.2 Å². The maximum atomic E-state index is 9.41. The Hall–Kier alpha value is -0.160. The number of morpholine rings is 1. The van der Waals surface area contributed by atoms with Gasteiger partial charge in [0.05, 0.1) is 25.9 Å². The fourth-order valence-corrected chi connectivity index (χ4v) is 2.30. The predicted octanol–water partition coefficient (Wildman–Crippen LogP) is 1.09. The van der Waals surface area contributed by atoms with Gasteiger partial charge in [0.25, 0.3) is 0 Å². The number of nitrogens with one attached hydrogen (secondary N) is 1. The second kappa shape index (κ2) is 7.43. The Balaban J connectivity index is 2.53. The van der Waals surface area contributed by atoms with Crippen LogP contribution in [0.3, 0.4) is 0 Å². The number of aliphatic hydroxyl groups excluding tert-OH is 1. The maximum Gasteiger partial charge on any atom is 0.0644 e. The van der Waals surface area contributed by atoms with Gasteiger partial charge in [0.15, 0.2) is 0 Å². The molecule has 0 radical (unpaired) electrons. The van der Waals surface area contributed by atoms with E-state index in [9.17, 15) is 5.11 Å². The van der Waals surface area contributed by atoms with Gasteiger partial charge in [0, 0.05) is 25.7 Å². The molecular formula is C14H30N2O2. The molecule has 1 heterocycles. The lowest BCUT2D eigenvalue weighted by Crippen LogP contribution is -2.53. The molecule has 0 bridgehead atoms. The first kappa shape index (κ1) is 15.9. The van der Waals surface area contributed by atoms with Gasteiger partial charge in [0.1, 0.15) is 0 Å². The van der Waals surface area contributed by atoms with Crippen molar-refractivity contribution in [3.05, 3.63) is 0 Å². The summed E-state index contributed by atoms with van der Waals surface area (Å²) in [5.41, 5.74) is 0.259. The summed E-state index contributed by atoms with van der Waals surface area (Å²) >= 11 is 0. The zero-order valence-corrected chi connectivity index (χ0v) is 12.4. The fourth-order valence-electron chi connectivity index (χ4n) is 2.30. The summed E-state index contributed by atoms with van der Waals surface area (Å²) in [6, 6.07) is 0.692. The minimum atomic E-state index is 0.170. The maximum absolute atomic E-state index is 9.41. The number of hydrogen-bond acceptors (Lipinski definition) is 4. The zero-order valence-electron chi connectivity index (χ0n) is 12.4. The first-order chi connectivity index (χ1) is 8.50. The summed E-state index contributed by atoms with van der Waals surface area (Å²) in [6.45, 7) is 13.6. The molecule has 1 aliphatic rings. The predicted molar refractivity (Wildman–Crippen MR) is 74.8 cm³/mol. The van der Waals surface area contributed by atoms with Crippen LogP contribution in [0.5, 0.6) is 0 Å². The van der Waals surface area contributed by atoms with Gasteiger partial charge in [-0.2, -0.15) is 0 Å². The van der Waals surface area contributed by atoms with E-state index in [1.807, 2.05) is 0 Å². The van der Waals surface area contributed by atoms with Gasteiger partial charge < -0.3 is 15.2 Å². The van der Waals surface area contributed by atoms with Crippen molar-refractivity contribution in [1.29, 1.82) is 0 Å². The third-order valence-corrected chi connectivity index (χ3v) is 3.94. The molecule has 2 unspecified atom stereocenters. The van der Waals surface area contributed by atoms with Crippen molar-refractivity contribution >= 4 is 0 Å². The van der Waals surface area contributed by atoms with Gasteiger partial charge in [-0.3, -0.25) is 4.90 Å². The smallest absolute Gasteiger partial charge is 0.0644 e. The van der Waals surface area contributed by atoms with E-state index in [-0.39, 0.29) is 18.1 Å². The third kappa shape index (κ3) is 4.84. The summed E-state index contributed by atoms with van der Waals surface area (Å²) in [6.07, 6.45) is 1.14. The highest BCUT2D eigenvalue weighted by Gasteiger charge is 2.30. The van der Waals surface area contributed by atoms with E-state index in [4.69, 9.17) is 4.74 Å². The number of aliphatic hydroxyl groups is 1. The molecule has 2 atom stereocenters. The van der Waals surface area contributed by atoms with Crippen LogP contribution in [-0.4, -0.2) is 61.5 Å². The van der Waals surface area contributed by atoms with E-state index in [0.717, 1.165) is 32.7 Å². The molecule has 0 spiro atoms. The lowest BCUT2D eigenvalue weighted by Gasteiger charge is -2.41. The average molecular weight is 258 g/mol. The third-order valence-electron chi connectivity index (χ3n) is 3.94. The molecular weight excluding hydrogens is 228 g/mol. The first-order valence-electron chi connectivity index (χ1n) is 7.17. The second-order valence-electron chi connectivity index (χ2n) is 6.08. The number of hydrogen-bond donors (Lipinski definition) is 2. The Labute approximate surface area is 112 Å². The zero-order chi connectivity index (χ0) is 13.6. The molecule has 0 amide bonds. The highest BCUT2D eigenvalue weighted by molar-refractivity contribution is 4.84. The largest absolute Gasteiger partial charge is 0.395 e. The molecule has 4 nitrogen and oxygen atoms in total. The van der Waals surface area contributed by atoms with E-state index in [0.29, 0.717) is 12.6 Å². The molecule has 1 saturated heterocycles. The van der Waals surface area contributed by atoms with Crippen LogP contribution in [0.25, 0.3) is 0 Å². The minimum Gasteiger partial charge on any atom is -0.395 e. The Morgan fingerprint density at radius 2 is 2.22 bits per heavy atom. The van der Waals surface area contributed by atoms with Gasteiger partial charge in [-0.05, 0) is 11.8 Å². The summed E-state index contributed by atoms with van der Waals surface area (Å²) in [7, 11) is 0. The van der Waals surface area contributed by atoms with Gasteiger partial charge in [-0.25, -0.2) is 0 Å². The van der Waals surface area contributed by atoms with Crippen molar-refractivity contribution in [3.8, 4) is 0 Å². The van der Waals surface area contributed by atoms with Crippen molar-refractivity contribution in [2.24, 2.45) is 5.41 Å². The Morgan fingerprint density at radius 1 is 1.50 bits per heavy atom. The molecule has 108 valence electrons. The van der Waals surface area contributed by atoms with Gasteiger partial charge >= 0.3 is 0 Å². The summed E-state index contributed by atoms with van der Waals surface area (Å²) < 4.78 is 5.43. The van der Waals surface area contributed by atoms with Crippen molar-refractivity contribution in [2.75, 3.05) is 39.5 Å². The average Bonchev–Trinajstić information content (AvgIpc) is 2.37. The van der Waals surface area contributed by atoms with Crippen LogP contribution in [0.2, 0.25) is 0 Å². The van der Waals surface area contributed by atoms with E-state index in [1.165, 1.54) is 0 Å². The Morgan fingerprint density at radius 3 is 2.78 bits per heavy atom. The van der Waals surface area contributed by atoms with Crippen molar-refractivity contribution < 1.29 is 9.84 Å². The highest BCUT2D eigenvalue weighted by atomic mass is 16.5. The molecule has 18 heavy (non-hydrogen) atoms. The summed E-state index contributed by atoms with van der Waals surface area (Å²) in [5.74, 6) is 0. The van der Waals surface area contributed by atoms with E-state index >= 15 is 0 Å². The highest BCUT2D eigenvalue weighted by Crippen LogP contribution is 2.24. The molecule has 4 heteroatoms. The molecule has 2 N–H and O–H groups in total. The normalized spacial score (nSPS) is 25.3. The molecule has 0 aliphatic carbocycles. The molecule has 0 aromatic carbocycles. The topological polar surface area (TPSA) is 44.7 Å². The molecule has 1 rings (SSSR count). The lowest BCUT2D eigenvalue weighted by molar-refractivity contribution is -0.0432. The van der Waals surface area contributed by atoms with Crippen LogP contribution >= 0.6 is 0 Å². The van der Waals surface area contributed by atoms with E-state index in [2.05, 4.69) is 37.9 Å². The van der Waals surface area contributed by atoms with Gasteiger partial charge in [-0.1, -0.05) is 27.7 Å². The fraction of sp³-hybridized carbons (Fsp3) is 1.00. The molecule has 1 fully saturated rings. The van der Waals surface area contributed by atoms with Crippen LogP contribution in [-0.2, 0) is 4.74 Å². The number of nitrogens with zero attached hydrogens (tertiary/aromatic N) is 1. The minimum absolute atomic E-state index is 0.170. The summed E-state index contributed by atoms with van der Waals surface area (Å²) in [5, 5.41) is 13.0. The van der Waals surface area contributed by atoms with Gasteiger partial charge in [0.2, 0.25) is 0 Å². The van der Waals surface area contributed by atoms with Crippen LogP contribution in [0, 0.1) is 5.41 Å². The number of ether oxygens (including phenoxy) is 1. The quantitative estimate of drug-likeness (QED) is 0.717. The van der Waals surface area contributed by atoms with Crippen LogP contribution in [0.15, 0.2) is 0 Å². The molecule has 0 aromatic rings. The van der Waals surface area contributed by atoms with Crippen LogP contribution in [0.4, 0.5) is 0 Å². The molecule has 0 saturated carbocycles. The van der Waals surface area contributed by atoms with Crippen LogP contribution in [0.1, 0.15) is 34.1 Å². The number of rotatable bonds is 7. The lowest BCUT2D eigenvalue weighted by atomic mass is 9.86.